The van der Waals surface area contributed by atoms with Crippen LogP contribution in [0.3, 0.4) is 0 Å². The van der Waals surface area contributed by atoms with Crippen LogP contribution in [-0.4, -0.2) is 63.7 Å². The predicted octanol–water partition coefficient (Wildman–Crippen LogP) is 3.40. The number of piperazine rings is 1. The summed E-state index contributed by atoms with van der Waals surface area (Å²) in [6, 6.07) is 15.9. The molecule has 0 bridgehead atoms. The van der Waals surface area contributed by atoms with E-state index in [-0.39, 0.29) is 5.92 Å². The van der Waals surface area contributed by atoms with Crippen molar-refractivity contribution in [2.24, 2.45) is 5.92 Å². The van der Waals surface area contributed by atoms with E-state index in [1.54, 1.807) is 7.11 Å². The minimum atomic E-state index is 0.236. The maximum absolute atomic E-state index is 12.7. The summed E-state index contributed by atoms with van der Waals surface area (Å²) in [5.41, 5.74) is 2.58. The van der Waals surface area contributed by atoms with Crippen LogP contribution >= 0.6 is 0 Å². The molecule has 1 saturated heterocycles. The summed E-state index contributed by atoms with van der Waals surface area (Å²) in [5.74, 6) is 2.86. The predicted molar refractivity (Wildman–Crippen MR) is 126 cm³/mol. The Morgan fingerprint density at radius 1 is 1.00 bits per heavy atom. The summed E-state index contributed by atoms with van der Waals surface area (Å²) in [4.78, 5) is 22.0. The fourth-order valence-corrected chi connectivity index (χ4v) is 4.77. The molecule has 2 aromatic carbocycles. The highest BCUT2D eigenvalue weighted by Crippen LogP contribution is 2.31. The molecule has 2 aromatic heterocycles. The van der Waals surface area contributed by atoms with Crippen LogP contribution in [0, 0.1) is 5.92 Å². The first kappa shape index (κ1) is 20.0. The largest absolute Gasteiger partial charge is 0.497 e. The SMILES string of the molecule is COc1cccc(-c2nnc3c4ccccc4nc(N4CCN(C(=O)C5CCC5)CC4)n23)c1. The van der Waals surface area contributed by atoms with Gasteiger partial charge >= 0.3 is 0 Å². The van der Waals surface area contributed by atoms with E-state index in [4.69, 9.17) is 9.72 Å². The normalized spacial score (nSPS) is 16.9. The molecule has 0 atom stereocenters. The van der Waals surface area contributed by atoms with E-state index in [1.807, 2.05) is 57.8 Å². The Morgan fingerprint density at radius 3 is 2.58 bits per heavy atom. The molecule has 1 aliphatic carbocycles. The van der Waals surface area contributed by atoms with E-state index in [0.29, 0.717) is 19.0 Å². The number of hydrogen-bond acceptors (Lipinski definition) is 6. The van der Waals surface area contributed by atoms with Gasteiger partial charge in [-0.1, -0.05) is 30.7 Å². The van der Waals surface area contributed by atoms with Crippen LogP contribution in [0.15, 0.2) is 48.5 Å². The molecule has 6 rings (SSSR count). The second kappa shape index (κ2) is 8.03. The fourth-order valence-electron chi connectivity index (χ4n) is 4.77. The number of hydrogen-bond donors (Lipinski definition) is 0. The van der Waals surface area contributed by atoms with Crippen molar-refractivity contribution in [1.29, 1.82) is 0 Å². The number of para-hydroxylation sites is 1. The monoisotopic (exact) mass is 442 g/mol. The molecule has 168 valence electrons. The third-order valence-corrected chi connectivity index (χ3v) is 6.88. The Bertz CT molecular complexity index is 1340. The molecule has 1 amide bonds. The molecule has 1 saturated carbocycles. The van der Waals surface area contributed by atoms with E-state index >= 15 is 0 Å². The van der Waals surface area contributed by atoms with E-state index in [0.717, 1.165) is 65.6 Å². The number of ether oxygens (including phenoxy) is 1. The molecule has 0 radical (unpaired) electrons. The van der Waals surface area contributed by atoms with E-state index in [1.165, 1.54) is 6.42 Å². The summed E-state index contributed by atoms with van der Waals surface area (Å²) in [6.45, 7) is 2.88. The number of nitrogens with zero attached hydrogens (tertiary/aromatic N) is 6. The minimum absolute atomic E-state index is 0.236. The molecular formula is C25H26N6O2. The molecule has 8 nitrogen and oxygen atoms in total. The summed E-state index contributed by atoms with van der Waals surface area (Å²) in [6.07, 6.45) is 3.25. The van der Waals surface area contributed by atoms with Gasteiger partial charge < -0.3 is 14.5 Å². The number of rotatable bonds is 4. The Labute approximate surface area is 191 Å². The Morgan fingerprint density at radius 2 is 1.82 bits per heavy atom. The average molecular weight is 443 g/mol. The van der Waals surface area contributed by atoms with Gasteiger partial charge in [-0.2, -0.15) is 0 Å². The van der Waals surface area contributed by atoms with Gasteiger partial charge in [0.2, 0.25) is 11.9 Å². The van der Waals surface area contributed by atoms with E-state index in [9.17, 15) is 4.79 Å². The average Bonchev–Trinajstić information content (AvgIpc) is 3.28. The lowest BCUT2D eigenvalue weighted by atomic mass is 9.84. The van der Waals surface area contributed by atoms with Crippen molar-refractivity contribution in [3.8, 4) is 17.1 Å². The highest BCUT2D eigenvalue weighted by atomic mass is 16.5. The van der Waals surface area contributed by atoms with Gasteiger partial charge in [0, 0.05) is 43.0 Å². The van der Waals surface area contributed by atoms with Gasteiger partial charge in [-0.25, -0.2) is 9.38 Å². The number of methoxy groups -OCH3 is 1. The first-order valence-electron chi connectivity index (χ1n) is 11.5. The van der Waals surface area contributed by atoms with Crippen molar-refractivity contribution in [2.75, 3.05) is 38.2 Å². The molecule has 0 spiro atoms. The molecule has 8 heteroatoms. The zero-order valence-electron chi connectivity index (χ0n) is 18.6. The zero-order chi connectivity index (χ0) is 22.4. The van der Waals surface area contributed by atoms with Gasteiger partial charge in [0.25, 0.3) is 0 Å². The second-order valence-electron chi connectivity index (χ2n) is 8.78. The summed E-state index contributed by atoms with van der Waals surface area (Å²) in [7, 11) is 1.66. The third kappa shape index (κ3) is 3.37. The molecule has 1 aliphatic heterocycles. The Balaban J connectivity index is 1.42. The third-order valence-electron chi connectivity index (χ3n) is 6.88. The quantitative estimate of drug-likeness (QED) is 0.482. The first-order chi connectivity index (χ1) is 16.2. The fraction of sp³-hybridized carbons (Fsp3) is 0.360. The van der Waals surface area contributed by atoms with Crippen molar-refractivity contribution in [2.45, 2.75) is 19.3 Å². The molecule has 0 N–H and O–H groups in total. The lowest BCUT2D eigenvalue weighted by molar-refractivity contribution is -0.138. The van der Waals surface area contributed by atoms with Gasteiger partial charge in [-0.3, -0.25) is 4.79 Å². The molecule has 0 unspecified atom stereocenters. The van der Waals surface area contributed by atoms with Crippen molar-refractivity contribution in [3.05, 3.63) is 48.5 Å². The van der Waals surface area contributed by atoms with Crippen molar-refractivity contribution in [1.82, 2.24) is 24.5 Å². The van der Waals surface area contributed by atoms with Crippen LogP contribution in [0.1, 0.15) is 19.3 Å². The number of fused-ring (bicyclic) bond motifs is 3. The molecule has 2 aliphatic rings. The first-order valence-corrected chi connectivity index (χ1v) is 11.5. The lowest BCUT2D eigenvalue weighted by Crippen LogP contribution is -2.51. The van der Waals surface area contributed by atoms with Crippen LogP contribution in [0.4, 0.5) is 5.95 Å². The van der Waals surface area contributed by atoms with Crippen LogP contribution in [0.25, 0.3) is 27.9 Å². The maximum atomic E-state index is 12.7. The number of benzene rings is 2. The standard InChI is InChI=1S/C25H26N6O2/c1-33-19-9-5-8-18(16-19)22-27-28-23-20-10-2-3-11-21(20)26-25(31(22)23)30-14-12-29(13-15-30)24(32)17-6-4-7-17/h2-3,5,8-11,16-17H,4,6-7,12-15H2,1H3. The summed E-state index contributed by atoms with van der Waals surface area (Å²) >= 11 is 0. The van der Waals surface area contributed by atoms with Crippen LogP contribution in [-0.2, 0) is 4.79 Å². The van der Waals surface area contributed by atoms with Crippen molar-refractivity contribution < 1.29 is 9.53 Å². The highest BCUT2D eigenvalue weighted by molar-refractivity contribution is 5.93. The number of carbonyl (C=O) groups excluding carboxylic acids is 1. The van der Waals surface area contributed by atoms with Crippen LogP contribution in [0.2, 0.25) is 0 Å². The number of aromatic nitrogens is 4. The van der Waals surface area contributed by atoms with Gasteiger partial charge in [0.1, 0.15) is 5.75 Å². The van der Waals surface area contributed by atoms with Gasteiger partial charge in [-0.15, -0.1) is 10.2 Å². The summed E-state index contributed by atoms with van der Waals surface area (Å²) < 4.78 is 7.47. The Kier molecular flexibility index (Phi) is 4.86. The lowest BCUT2D eigenvalue weighted by Gasteiger charge is -2.38. The van der Waals surface area contributed by atoms with E-state index < -0.39 is 0 Å². The van der Waals surface area contributed by atoms with Gasteiger partial charge in [0.05, 0.1) is 12.6 Å². The Hall–Kier alpha value is -3.68. The van der Waals surface area contributed by atoms with Crippen molar-refractivity contribution in [3.63, 3.8) is 0 Å². The highest BCUT2D eigenvalue weighted by Gasteiger charge is 2.32. The molecule has 33 heavy (non-hydrogen) atoms. The van der Waals surface area contributed by atoms with Gasteiger partial charge in [0.15, 0.2) is 11.5 Å². The number of amides is 1. The zero-order valence-corrected chi connectivity index (χ0v) is 18.6. The van der Waals surface area contributed by atoms with Crippen LogP contribution in [0.5, 0.6) is 5.75 Å². The second-order valence-corrected chi connectivity index (χ2v) is 8.78. The maximum Gasteiger partial charge on any atom is 0.225 e. The molecule has 4 aromatic rings. The molecule has 3 heterocycles. The summed E-state index contributed by atoms with van der Waals surface area (Å²) in [5, 5.41) is 10.1. The smallest absolute Gasteiger partial charge is 0.225 e. The minimum Gasteiger partial charge on any atom is -0.497 e. The number of carbonyl (C=O) groups is 1. The molecular weight excluding hydrogens is 416 g/mol. The van der Waals surface area contributed by atoms with Crippen LogP contribution < -0.4 is 9.64 Å². The number of anilines is 1. The topological polar surface area (TPSA) is 75.9 Å². The van der Waals surface area contributed by atoms with Crippen molar-refractivity contribution >= 4 is 28.4 Å². The van der Waals surface area contributed by atoms with Gasteiger partial charge in [-0.05, 0) is 37.1 Å². The molecule has 2 fully saturated rings. The van der Waals surface area contributed by atoms with E-state index in [2.05, 4.69) is 15.1 Å².